The summed E-state index contributed by atoms with van der Waals surface area (Å²) in [7, 11) is 0. The van der Waals surface area contributed by atoms with E-state index in [1.165, 1.54) is 0 Å². The molecule has 1 atom stereocenters. The van der Waals surface area contributed by atoms with E-state index in [1.807, 2.05) is 24.3 Å². The molecule has 1 amide bonds. The Morgan fingerprint density at radius 2 is 2.00 bits per heavy atom. The molecule has 158 valence electrons. The standard InChI is InChI=1S/C22H21N5O2S2/c28-19(10-15-12-31-22-24-17-3-1-2-16(17)20(29)27(15)22)23-14-6-4-13(5-7-14)18-11-26-8-9-30-21(26)25-18/h4-7,11,15H,1-3,8-10,12H2,(H,23,28). The minimum atomic E-state index is -0.143. The fraction of sp³-hybridized carbons (Fsp3) is 0.364. The molecule has 1 N–H and O–H groups in total. The molecule has 3 aliphatic rings. The summed E-state index contributed by atoms with van der Waals surface area (Å²) in [6.07, 6.45) is 5.04. The molecular formula is C22H21N5O2S2. The van der Waals surface area contributed by atoms with E-state index in [9.17, 15) is 9.59 Å². The molecule has 4 heterocycles. The van der Waals surface area contributed by atoms with Crippen LogP contribution < -0.4 is 10.9 Å². The van der Waals surface area contributed by atoms with Gasteiger partial charge in [0.2, 0.25) is 5.91 Å². The molecule has 1 unspecified atom stereocenters. The number of amides is 1. The van der Waals surface area contributed by atoms with Crippen molar-refractivity contribution in [1.29, 1.82) is 0 Å². The van der Waals surface area contributed by atoms with Crippen molar-refractivity contribution in [3.8, 4) is 11.3 Å². The van der Waals surface area contributed by atoms with Crippen LogP contribution in [0.1, 0.15) is 30.1 Å². The molecule has 2 aliphatic heterocycles. The molecule has 31 heavy (non-hydrogen) atoms. The summed E-state index contributed by atoms with van der Waals surface area (Å²) in [4.78, 5) is 34.9. The predicted octanol–water partition coefficient (Wildman–Crippen LogP) is 3.38. The van der Waals surface area contributed by atoms with Crippen molar-refractivity contribution in [2.45, 2.75) is 48.6 Å². The highest BCUT2D eigenvalue weighted by Gasteiger charge is 2.31. The van der Waals surface area contributed by atoms with E-state index in [0.717, 1.165) is 70.1 Å². The number of fused-ring (bicyclic) bond motifs is 3. The lowest BCUT2D eigenvalue weighted by Crippen LogP contribution is -2.30. The molecule has 0 bridgehead atoms. The number of aryl methyl sites for hydroxylation is 2. The van der Waals surface area contributed by atoms with Crippen LogP contribution in [0, 0.1) is 0 Å². The Morgan fingerprint density at radius 3 is 2.84 bits per heavy atom. The number of hydrogen-bond donors (Lipinski definition) is 1. The van der Waals surface area contributed by atoms with Gasteiger partial charge in [0.1, 0.15) is 0 Å². The Hall–Kier alpha value is -2.52. The van der Waals surface area contributed by atoms with Gasteiger partial charge in [-0.2, -0.15) is 0 Å². The number of anilines is 1. The zero-order chi connectivity index (χ0) is 20.9. The van der Waals surface area contributed by atoms with Crippen molar-refractivity contribution < 1.29 is 4.79 Å². The van der Waals surface area contributed by atoms with Gasteiger partial charge in [0, 0.05) is 47.5 Å². The maximum atomic E-state index is 12.9. The van der Waals surface area contributed by atoms with Gasteiger partial charge in [-0.3, -0.25) is 14.2 Å². The van der Waals surface area contributed by atoms with E-state index >= 15 is 0 Å². The van der Waals surface area contributed by atoms with Crippen LogP contribution in [-0.2, 0) is 24.2 Å². The van der Waals surface area contributed by atoms with Crippen LogP contribution in [0.25, 0.3) is 11.3 Å². The second-order valence-corrected chi connectivity index (χ2v) is 10.1. The molecule has 3 aromatic rings. The highest BCUT2D eigenvalue weighted by molar-refractivity contribution is 7.99. The lowest BCUT2D eigenvalue weighted by Gasteiger charge is -2.14. The summed E-state index contributed by atoms with van der Waals surface area (Å²) in [5.41, 5.74) is 4.59. The van der Waals surface area contributed by atoms with Crippen molar-refractivity contribution >= 4 is 35.1 Å². The number of nitrogens with one attached hydrogen (secondary N) is 1. The molecule has 0 spiro atoms. The highest BCUT2D eigenvalue weighted by Crippen LogP contribution is 2.34. The van der Waals surface area contributed by atoms with Gasteiger partial charge in [-0.05, 0) is 31.4 Å². The van der Waals surface area contributed by atoms with Gasteiger partial charge in [0.05, 0.1) is 17.4 Å². The molecule has 0 saturated carbocycles. The third-order valence-corrected chi connectivity index (χ3v) is 8.13. The molecular weight excluding hydrogens is 430 g/mol. The SMILES string of the molecule is O=C(CC1CSc2nc3c(c(=O)n21)CCC3)Nc1ccc(-c2cn3c(n2)SCC3)cc1. The largest absolute Gasteiger partial charge is 0.326 e. The molecule has 9 heteroatoms. The summed E-state index contributed by atoms with van der Waals surface area (Å²) in [5, 5.41) is 4.80. The first kappa shape index (κ1) is 19.2. The minimum absolute atomic E-state index is 0.0507. The fourth-order valence-corrected chi connectivity index (χ4v) is 6.60. The van der Waals surface area contributed by atoms with Crippen LogP contribution in [0.4, 0.5) is 5.69 Å². The summed E-state index contributed by atoms with van der Waals surface area (Å²) in [6, 6.07) is 7.63. The lowest BCUT2D eigenvalue weighted by atomic mass is 10.1. The lowest BCUT2D eigenvalue weighted by molar-refractivity contribution is -0.116. The molecule has 2 aromatic heterocycles. The molecule has 1 aromatic carbocycles. The first-order chi connectivity index (χ1) is 15.2. The average molecular weight is 452 g/mol. The third kappa shape index (κ3) is 3.40. The van der Waals surface area contributed by atoms with Crippen molar-refractivity contribution in [2.24, 2.45) is 0 Å². The van der Waals surface area contributed by atoms with Crippen LogP contribution in [0.15, 0.2) is 45.6 Å². The van der Waals surface area contributed by atoms with E-state index in [0.29, 0.717) is 5.75 Å². The van der Waals surface area contributed by atoms with Crippen LogP contribution in [-0.4, -0.2) is 36.5 Å². The zero-order valence-electron chi connectivity index (χ0n) is 16.8. The number of carbonyl (C=O) groups is 1. The predicted molar refractivity (Wildman–Crippen MR) is 122 cm³/mol. The Balaban J connectivity index is 1.15. The van der Waals surface area contributed by atoms with E-state index in [1.54, 1.807) is 28.1 Å². The molecule has 0 fully saturated rings. The Labute approximate surface area is 187 Å². The Kier molecular flexibility index (Phi) is 4.68. The van der Waals surface area contributed by atoms with Gasteiger partial charge in [-0.15, -0.1) is 0 Å². The topological polar surface area (TPSA) is 81.8 Å². The number of thioether (sulfide) groups is 2. The number of nitrogens with zero attached hydrogens (tertiary/aromatic N) is 4. The highest BCUT2D eigenvalue weighted by atomic mass is 32.2. The second kappa shape index (κ2) is 7.56. The van der Waals surface area contributed by atoms with Gasteiger partial charge < -0.3 is 9.88 Å². The maximum absolute atomic E-state index is 12.9. The second-order valence-electron chi connectivity index (χ2n) is 8.09. The van der Waals surface area contributed by atoms with Crippen LogP contribution >= 0.6 is 23.5 Å². The van der Waals surface area contributed by atoms with Crippen LogP contribution in [0.2, 0.25) is 0 Å². The Bertz CT molecular complexity index is 1230. The molecule has 0 saturated heterocycles. The Morgan fingerprint density at radius 1 is 1.13 bits per heavy atom. The summed E-state index contributed by atoms with van der Waals surface area (Å²) >= 11 is 3.35. The molecule has 7 nitrogen and oxygen atoms in total. The summed E-state index contributed by atoms with van der Waals surface area (Å²) < 4.78 is 3.92. The van der Waals surface area contributed by atoms with E-state index in [4.69, 9.17) is 0 Å². The molecule has 0 radical (unpaired) electrons. The molecule has 1 aliphatic carbocycles. The summed E-state index contributed by atoms with van der Waals surface area (Å²) in [5.74, 6) is 1.71. The number of rotatable bonds is 4. The van der Waals surface area contributed by atoms with Crippen LogP contribution in [0.3, 0.4) is 0 Å². The van der Waals surface area contributed by atoms with Crippen molar-refractivity contribution in [1.82, 2.24) is 19.1 Å². The van der Waals surface area contributed by atoms with E-state index < -0.39 is 0 Å². The summed E-state index contributed by atoms with van der Waals surface area (Å²) in [6.45, 7) is 1.01. The van der Waals surface area contributed by atoms with E-state index in [2.05, 4.69) is 26.0 Å². The number of hydrogen-bond acceptors (Lipinski definition) is 6. The van der Waals surface area contributed by atoms with Crippen LogP contribution in [0.5, 0.6) is 0 Å². The third-order valence-electron chi connectivity index (χ3n) is 6.06. The van der Waals surface area contributed by atoms with Crippen molar-refractivity contribution in [3.63, 3.8) is 0 Å². The van der Waals surface area contributed by atoms with Gasteiger partial charge in [-0.1, -0.05) is 35.7 Å². The van der Waals surface area contributed by atoms with Crippen molar-refractivity contribution in [3.05, 3.63) is 52.1 Å². The van der Waals surface area contributed by atoms with Gasteiger partial charge in [0.15, 0.2) is 10.3 Å². The number of aromatic nitrogens is 4. The number of imidazole rings is 1. The fourth-order valence-electron chi connectivity index (χ4n) is 4.50. The minimum Gasteiger partial charge on any atom is -0.326 e. The van der Waals surface area contributed by atoms with Gasteiger partial charge in [-0.25, -0.2) is 9.97 Å². The zero-order valence-corrected chi connectivity index (χ0v) is 18.5. The normalized spacial score (nSPS) is 18.6. The first-order valence-corrected chi connectivity index (χ1v) is 12.5. The number of carbonyl (C=O) groups excluding carboxylic acids is 1. The smallest absolute Gasteiger partial charge is 0.257 e. The van der Waals surface area contributed by atoms with Crippen molar-refractivity contribution in [2.75, 3.05) is 16.8 Å². The first-order valence-electron chi connectivity index (χ1n) is 10.5. The molecule has 6 rings (SSSR count). The average Bonchev–Trinajstić information content (AvgIpc) is 3.52. The monoisotopic (exact) mass is 451 g/mol. The quantitative estimate of drug-likeness (QED) is 0.613. The number of benzene rings is 1. The van der Waals surface area contributed by atoms with E-state index in [-0.39, 0.29) is 23.9 Å². The maximum Gasteiger partial charge on any atom is 0.257 e. The van der Waals surface area contributed by atoms with Gasteiger partial charge >= 0.3 is 0 Å². The van der Waals surface area contributed by atoms with Gasteiger partial charge in [0.25, 0.3) is 5.56 Å².